The Morgan fingerprint density at radius 3 is 1.44 bits per heavy atom. The fraction of sp³-hybridized carbons (Fsp3) is 0.280. The molecule has 0 saturated carbocycles. The summed E-state index contributed by atoms with van der Waals surface area (Å²) >= 11 is 0. The second-order valence-electron chi connectivity index (χ2n) is 7.07. The van der Waals surface area contributed by atoms with Gasteiger partial charge in [-0.1, -0.05) is 91.0 Å². The standard InChI is InChI=1S/C25H26O2/c1-4-11-21(12-5-1)25(22-13-6-2-7-14-22,23-15-8-3-9-16-23)18-17-24-26-19-10-20-27-24/h1-9,11-16,24H,10,17-20H2. The normalized spacial score (nSPS) is 15.6. The van der Waals surface area contributed by atoms with Crippen LogP contribution in [0.15, 0.2) is 91.0 Å². The molecule has 0 aromatic heterocycles. The Bertz CT molecular complexity index is 712. The maximum Gasteiger partial charge on any atom is 0.157 e. The summed E-state index contributed by atoms with van der Waals surface area (Å²) in [5.41, 5.74) is 3.68. The first-order chi connectivity index (χ1) is 13.4. The lowest BCUT2D eigenvalue weighted by Crippen LogP contribution is -2.33. The molecule has 0 unspecified atom stereocenters. The average molecular weight is 358 g/mol. The molecule has 3 aromatic rings. The predicted octanol–water partition coefficient (Wildman–Crippen LogP) is 5.56. The summed E-state index contributed by atoms with van der Waals surface area (Å²) in [5, 5.41) is 0. The maximum absolute atomic E-state index is 5.86. The average Bonchev–Trinajstić information content (AvgIpc) is 2.77. The largest absolute Gasteiger partial charge is 0.353 e. The van der Waals surface area contributed by atoms with E-state index in [2.05, 4.69) is 91.0 Å². The van der Waals surface area contributed by atoms with Crippen LogP contribution in [0.5, 0.6) is 0 Å². The van der Waals surface area contributed by atoms with Gasteiger partial charge < -0.3 is 9.47 Å². The van der Waals surface area contributed by atoms with Gasteiger partial charge in [0.25, 0.3) is 0 Å². The zero-order chi connectivity index (χ0) is 18.4. The first-order valence-electron chi connectivity index (χ1n) is 9.79. The molecule has 3 aromatic carbocycles. The monoisotopic (exact) mass is 358 g/mol. The van der Waals surface area contributed by atoms with E-state index in [0.29, 0.717) is 0 Å². The second kappa shape index (κ2) is 8.51. The van der Waals surface area contributed by atoms with Crippen LogP contribution < -0.4 is 0 Å². The van der Waals surface area contributed by atoms with Crippen molar-refractivity contribution in [2.24, 2.45) is 0 Å². The van der Waals surface area contributed by atoms with Crippen molar-refractivity contribution in [3.05, 3.63) is 108 Å². The first kappa shape index (κ1) is 18.0. The highest BCUT2D eigenvalue weighted by molar-refractivity contribution is 5.50. The van der Waals surface area contributed by atoms with E-state index in [1.807, 2.05) is 0 Å². The van der Waals surface area contributed by atoms with Crippen molar-refractivity contribution >= 4 is 0 Å². The maximum atomic E-state index is 5.86. The number of hydrogen-bond acceptors (Lipinski definition) is 2. The Labute approximate surface area is 161 Å². The number of ether oxygens (including phenoxy) is 2. The van der Waals surface area contributed by atoms with Crippen LogP contribution in [0.4, 0.5) is 0 Å². The van der Waals surface area contributed by atoms with Crippen molar-refractivity contribution in [3.63, 3.8) is 0 Å². The molecule has 1 fully saturated rings. The summed E-state index contributed by atoms with van der Waals surface area (Å²) in [6, 6.07) is 32.4. The summed E-state index contributed by atoms with van der Waals surface area (Å²) in [6.07, 6.45) is 2.65. The van der Waals surface area contributed by atoms with Gasteiger partial charge in [0.05, 0.1) is 13.2 Å². The van der Waals surface area contributed by atoms with Crippen molar-refractivity contribution in [1.82, 2.24) is 0 Å². The molecule has 1 aliphatic heterocycles. The minimum absolute atomic E-state index is 0.116. The van der Waals surface area contributed by atoms with E-state index in [1.165, 1.54) is 16.7 Å². The predicted molar refractivity (Wildman–Crippen MR) is 109 cm³/mol. The Morgan fingerprint density at radius 1 is 0.630 bits per heavy atom. The van der Waals surface area contributed by atoms with Crippen molar-refractivity contribution in [2.45, 2.75) is 31.0 Å². The SMILES string of the molecule is c1ccc(C(CCC2OCCCO2)(c2ccccc2)c2ccccc2)cc1. The molecule has 1 saturated heterocycles. The molecule has 2 nitrogen and oxygen atoms in total. The molecule has 0 amide bonds. The number of rotatable bonds is 6. The highest BCUT2D eigenvalue weighted by Crippen LogP contribution is 2.43. The zero-order valence-electron chi connectivity index (χ0n) is 15.6. The lowest BCUT2D eigenvalue weighted by Gasteiger charge is -2.37. The molecule has 0 N–H and O–H groups in total. The van der Waals surface area contributed by atoms with Crippen molar-refractivity contribution in [1.29, 1.82) is 0 Å². The Hall–Kier alpha value is -2.42. The molecule has 0 spiro atoms. The third-order valence-electron chi connectivity index (χ3n) is 5.45. The fourth-order valence-electron chi connectivity index (χ4n) is 4.14. The van der Waals surface area contributed by atoms with Gasteiger partial charge in [0.1, 0.15) is 0 Å². The van der Waals surface area contributed by atoms with Gasteiger partial charge in [-0.25, -0.2) is 0 Å². The van der Waals surface area contributed by atoms with E-state index in [9.17, 15) is 0 Å². The minimum Gasteiger partial charge on any atom is -0.353 e. The summed E-state index contributed by atoms with van der Waals surface area (Å²) in [4.78, 5) is 0. The number of hydrogen-bond donors (Lipinski definition) is 0. The lowest BCUT2D eigenvalue weighted by molar-refractivity contribution is -0.182. The third-order valence-corrected chi connectivity index (χ3v) is 5.45. The molecule has 0 bridgehead atoms. The van der Waals surface area contributed by atoms with Crippen molar-refractivity contribution in [3.8, 4) is 0 Å². The van der Waals surface area contributed by atoms with E-state index in [-0.39, 0.29) is 11.7 Å². The van der Waals surface area contributed by atoms with Crippen LogP contribution in [0.2, 0.25) is 0 Å². The molecule has 0 aliphatic carbocycles. The first-order valence-corrected chi connectivity index (χ1v) is 9.79. The van der Waals surface area contributed by atoms with Gasteiger partial charge in [0.15, 0.2) is 6.29 Å². The molecule has 1 aliphatic rings. The summed E-state index contributed by atoms with van der Waals surface area (Å²) < 4.78 is 11.7. The van der Waals surface area contributed by atoms with E-state index < -0.39 is 0 Å². The third kappa shape index (κ3) is 3.83. The quantitative estimate of drug-likeness (QED) is 0.537. The van der Waals surface area contributed by atoms with Gasteiger partial charge in [-0.05, 0) is 36.0 Å². The van der Waals surface area contributed by atoms with Crippen LogP contribution in [-0.4, -0.2) is 19.5 Å². The van der Waals surface area contributed by atoms with E-state index >= 15 is 0 Å². The minimum atomic E-state index is -0.228. The van der Waals surface area contributed by atoms with Gasteiger partial charge in [0.2, 0.25) is 0 Å². The van der Waals surface area contributed by atoms with Gasteiger partial charge in [-0.2, -0.15) is 0 Å². The highest BCUT2D eigenvalue weighted by atomic mass is 16.7. The van der Waals surface area contributed by atoms with Crippen LogP contribution >= 0.6 is 0 Å². The molecule has 0 radical (unpaired) electrons. The van der Waals surface area contributed by atoms with Crippen LogP contribution in [0.3, 0.4) is 0 Å². The van der Waals surface area contributed by atoms with Crippen molar-refractivity contribution < 1.29 is 9.47 Å². The van der Waals surface area contributed by atoms with Crippen LogP contribution in [0.25, 0.3) is 0 Å². The summed E-state index contributed by atoms with van der Waals surface area (Å²) in [5.74, 6) is 0. The molecule has 1 heterocycles. The number of benzene rings is 3. The second-order valence-corrected chi connectivity index (χ2v) is 7.07. The van der Waals surface area contributed by atoms with Crippen LogP contribution in [0.1, 0.15) is 36.0 Å². The zero-order valence-corrected chi connectivity index (χ0v) is 15.6. The van der Waals surface area contributed by atoms with Gasteiger partial charge in [-0.15, -0.1) is 0 Å². The molecule has 138 valence electrons. The van der Waals surface area contributed by atoms with Gasteiger partial charge in [0, 0.05) is 5.41 Å². The highest BCUT2D eigenvalue weighted by Gasteiger charge is 2.36. The lowest BCUT2D eigenvalue weighted by atomic mass is 9.66. The molecular formula is C25H26O2. The fourth-order valence-corrected chi connectivity index (χ4v) is 4.14. The van der Waals surface area contributed by atoms with E-state index in [4.69, 9.17) is 9.47 Å². The van der Waals surface area contributed by atoms with Gasteiger partial charge in [-0.3, -0.25) is 0 Å². The summed E-state index contributed by atoms with van der Waals surface area (Å²) in [6.45, 7) is 1.58. The smallest absolute Gasteiger partial charge is 0.157 e. The van der Waals surface area contributed by atoms with Gasteiger partial charge >= 0.3 is 0 Å². The molecular weight excluding hydrogens is 332 g/mol. The molecule has 4 rings (SSSR count). The van der Waals surface area contributed by atoms with Crippen molar-refractivity contribution in [2.75, 3.05) is 13.2 Å². The molecule has 2 heteroatoms. The molecule has 0 atom stereocenters. The van der Waals surface area contributed by atoms with Crippen LogP contribution in [0, 0.1) is 0 Å². The van der Waals surface area contributed by atoms with E-state index in [0.717, 1.165) is 32.5 Å². The Balaban J connectivity index is 1.81. The Morgan fingerprint density at radius 2 is 1.04 bits per heavy atom. The summed E-state index contributed by atoms with van der Waals surface area (Å²) in [7, 11) is 0. The van der Waals surface area contributed by atoms with Crippen LogP contribution in [-0.2, 0) is 14.9 Å². The molecule has 27 heavy (non-hydrogen) atoms. The van der Waals surface area contributed by atoms with E-state index in [1.54, 1.807) is 0 Å². The Kier molecular flexibility index (Phi) is 5.66. The topological polar surface area (TPSA) is 18.5 Å².